The maximum absolute atomic E-state index is 11.5. The van der Waals surface area contributed by atoms with Gasteiger partial charge < -0.3 is 9.47 Å². The summed E-state index contributed by atoms with van der Waals surface area (Å²) in [6.07, 6.45) is 7.22. The van der Waals surface area contributed by atoms with Gasteiger partial charge in [0.2, 0.25) is 0 Å². The van der Waals surface area contributed by atoms with Gasteiger partial charge in [0.25, 0.3) is 0 Å². The molecule has 0 bridgehead atoms. The summed E-state index contributed by atoms with van der Waals surface area (Å²) in [4.78, 5) is 22.0. The van der Waals surface area contributed by atoms with Crippen LogP contribution in [0.15, 0.2) is 0 Å². The van der Waals surface area contributed by atoms with Crippen molar-refractivity contribution in [2.24, 2.45) is 5.92 Å². The van der Waals surface area contributed by atoms with E-state index in [-0.39, 0.29) is 11.9 Å². The molecule has 1 fully saturated rings. The number of hydrogen-bond donors (Lipinski definition) is 0. The molecule has 0 aromatic heterocycles. The molecule has 0 unspecified atom stereocenters. The molecule has 0 amide bonds. The highest BCUT2D eigenvalue weighted by molar-refractivity contribution is 5.69. The van der Waals surface area contributed by atoms with Gasteiger partial charge in [-0.2, -0.15) is 0 Å². The molecule has 0 saturated heterocycles. The van der Waals surface area contributed by atoms with E-state index in [1.807, 2.05) is 0 Å². The molecule has 0 heterocycles. The van der Waals surface area contributed by atoms with Gasteiger partial charge in [0.15, 0.2) is 0 Å². The predicted octanol–water partition coefficient (Wildman–Crippen LogP) is 2.45. The van der Waals surface area contributed by atoms with Crippen LogP contribution >= 0.6 is 0 Å². The normalized spacial score (nSPS) is 16.5. The lowest BCUT2D eigenvalue weighted by atomic mass is 9.87. The van der Waals surface area contributed by atoms with E-state index >= 15 is 0 Å². The number of ether oxygens (including phenoxy) is 2. The first kappa shape index (κ1) is 14.0. The largest absolute Gasteiger partial charge is 0.466 e. The smallest absolute Gasteiger partial charge is 0.306 e. The van der Waals surface area contributed by atoms with Crippen molar-refractivity contribution in [3.8, 4) is 0 Å². The molecule has 4 heteroatoms. The van der Waals surface area contributed by atoms with Crippen LogP contribution in [0.2, 0.25) is 0 Å². The third-order valence-corrected chi connectivity index (χ3v) is 3.04. The third-order valence-electron chi connectivity index (χ3n) is 3.04. The zero-order chi connectivity index (χ0) is 12.5. The van der Waals surface area contributed by atoms with Crippen molar-refractivity contribution in [3.05, 3.63) is 0 Å². The Morgan fingerprint density at radius 1 is 1.06 bits per heavy atom. The van der Waals surface area contributed by atoms with Crippen molar-refractivity contribution >= 4 is 11.9 Å². The van der Waals surface area contributed by atoms with Gasteiger partial charge in [-0.3, -0.25) is 9.59 Å². The standard InChI is InChI=1S/C13H22O4/c1-11(14)16-8-5-9-17-13(15)10-12-6-3-2-4-7-12/h12H,2-10H2,1H3. The fourth-order valence-corrected chi connectivity index (χ4v) is 2.15. The Morgan fingerprint density at radius 3 is 2.35 bits per heavy atom. The summed E-state index contributed by atoms with van der Waals surface area (Å²) >= 11 is 0. The second-order valence-corrected chi connectivity index (χ2v) is 4.62. The zero-order valence-corrected chi connectivity index (χ0v) is 10.6. The molecule has 98 valence electrons. The Hall–Kier alpha value is -1.06. The Bertz CT molecular complexity index is 244. The summed E-state index contributed by atoms with van der Waals surface area (Å²) in [6.45, 7) is 2.04. The summed E-state index contributed by atoms with van der Waals surface area (Å²) in [5, 5.41) is 0. The van der Waals surface area contributed by atoms with E-state index in [2.05, 4.69) is 0 Å². The van der Waals surface area contributed by atoms with Gasteiger partial charge in [0, 0.05) is 19.8 Å². The second kappa shape index (κ2) is 8.09. The number of rotatable bonds is 6. The van der Waals surface area contributed by atoms with E-state index in [0.29, 0.717) is 32.0 Å². The molecule has 0 radical (unpaired) electrons. The van der Waals surface area contributed by atoms with E-state index in [0.717, 1.165) is 12.8 Å². The number of carbonyl (C=O) groups is 2. The molecular weight excluding hydrogens is 220 g/mol. The van der Waals surface area contributed by atoms with E-state index < -0.39 is 0 Å². The lowest BCUT2D eigenvalue weighted by Gasteiger charge is -2.20. The van der Waals surface area contributed by atoms with Gasteiger partial charge in [0.05, 0.1) is 13.2 Å². The second-order valence-electron chi connectivity index (χ2n) is 4.62. The van der Waals surface area contributed by atoms with Gasteiger partial charge in [-0.1, -0.05) is 19.3 Å². The van der Waals surface area contributed by atoms with E-state index in [1.165, 1.54) is 26.2 Å². The highest BCUT2D eigenvalue weighted by atomic mass is 16.5. The molecule has 0 aromatic rings. The summed E-state index contributed by atoms with van der Waals surface area (Å²) in [5.74, 6) is 0.114. The molecule has 1 rings (SSSR count). The Balaban J connectivity index is 1.98. The molecule has 1 aliphatic rings. The van der Waals surface area contributed by atoms with E-state index in [4.69, 9.17) is 9.47 Å². The molecular formula is C13H22O4. The van der Waals surface area contributed by atoms with Crippen LogP contribution in [0.1, 0.15) is 51.9 Å². The molecule has 0 aromatic carbocycles. The van der Waals surface area contributed by atoms with Crippen LogP contribution in [-0.2, 0) is 19.1 Å². The zero-order valence-electron chi connectivity index (χ0n) is 10.6. The quantitative estimate of drug-likeness (QED) is 0.530. The van der Waals surface area contributed by atoms with Crippen LogP contribution in [0, 0.1) is 5.92 Å². The Morgan fingerprint density at radius 2 is 1.71 bits per heavy atom. The van der Waals surface area contributed by atoms with E-state index in [9.17, 15) is 9.59 Å². The van der Waals surface area contributed by atoms with Crippen LogP contribution in [-0.4, -0.2) is 25.2 Å². The van der Waals surface area contributed by atoms with Crippen molar-refractivity contribution in [1.82, 2.24) is 0 Å². The maximum Gasteiger partial charge on any atom is 0.306 e. The topological polar surface area (TPSA) is 52.6 Å². The van der Waals surface area contributed by atoms with Gasteiger partial charge in [-0.15, -0.1) is 0 Å². The SMILES string of the molecule is CC(=O)OCCCOC(=O)CC1CCCCC1. The molecule has 0 atom stereocenters. The van der Waals surface area contributed by atoms with Gasteiger partial charge in [-0.05, 0) is 18.8 Å². The molecule has 0 spiro atoms. The van der Waals surface area contributed by atoms with E-state index in [1.54, 1.807) is 0 Å². The lowest BCUT2D eigenvalue weighted by molar-refractivity contribution is -0.146. The summed E-state index contributed by atoms with van der Waals surface area (Å²) in [7, 11) is 0. The van der Waals surface area contributed by atoms with Crippen LogP contribution in [0.25, 0.3) is 0 Å². The average Bonchev–Trinajstić information content (AvgIpc) is 2.29. The van der Waals surface area contributed by atoms with Crippen molar-refractivity contribution in [2.45, 2.75) is 51.9 Å². The van der Waals surface area contributed by atoms with Gasteiger partial charge in [0.1, 0.15) is 0 Å². The first-order valence-corrected chi connectivity index (χ1v) is 6.47. The first-order valence-electron chi connectivity index (χ1n) is 6.47. The first-order chi connectivity index (χ1) is 8.18. The minimum atomic E-state index is -0.293. The van der Waals surface area contributed by atoms with Crippen LogP contribution < -0.4 is 0 Å². The van der Waals surface area contributed by atoms with Gasteiger partial charge in [-0.25, -0.2) is 0 Å². The highest BCUT2D eigenvalue weighted by Crippen LogP contribution is 2.26. The summed E-state index contributed by atoms with van der Waals surface area (Å²) in [5.41, 5.74) is 0. The molecule has 17 heavy (non-hydrogen) atoms. The fourth-order valence-electron chi connectivity index (χ4n) is 2.15. The van der Waals surface area contributed by atoms with Crippen LogP contribution in [0.5, 0.6) is 0 Å². The van der Waals surface area contributed by atoms with Crippen molar-refractivity contribution in [3.63, 3.8) is 0 Å². The average molecular weight is 242 g/mol. The lowest BCUT2D eigenvalue weighted by Crippen LogP contribution is -2.15. The fraction of sp³-hybridized carbons (Fsp3) is 0.846. The molecule has 0 N–H and O–H groups in total. The molecule has 0 aliphatic heterocycles. The van der Waals surface area contributed by atoms with Crippen molar-refractivity contribution in [1.29, 1.82) is 0 Å². The summed E-state index contributed by atoms with van der Waals surface area (Å²) < 4.78 is 9.84. The van der Waals surface area contributed by atoms with Crippen LogP contribution in [0.4, 0.5) is 0 Å². The third kappa shape index (κ3) is 6.97. The minimum absolute atomic E-state index is 0.111. The molecule has 4 nitrogen and oxygen atoms in total. The highest BCUT2D eigenvalue weighted by Gasteiger charge is 2.17. The number of hydrogen-bond acceptors (Lipinski definition) is 4. The molecule has 1 aliphatic carbocycles. The Kier molecular flexibility index (Phi) is 6.67. The predicted molar refractivity (Wildman–Crippen MR) is 63.4 cm³/mol. The van der Waals surface area contributed by atoms with Gasteiger partial charge >= 0.3 is 11.9 Å². The Labute approximate surface area is 103 Å². The van der Waals surface area contributed by atoms with Crippen molar-refractivity contribution < 1.29 is 19.1 Å². The maximum atomic E-state index is 11.5. The number of carbonyl (C=O) groups excluding carboxylic acids is 2. The summed E-state index contributed by atoms with van der Waals surface area (Å²) in [6, 6.07) is 0. The molecule has 1 saturated carbocycles. The van der Waals surface area contributed by atoms with Crippen LogP contribution in [0.3, 0.4) is 0 Å². The monoisotopic (exact) mass is 242 g/mol. The number of esters is 2. The van der Waals surface area contributed by atoms with Crippen molar-refractivity contribution in [2.75, 3.05) is 13.2 Å². The minimum Gasteiger partial charge on any atom is -0.466 e.